The summed E-state index contributed by atoms with van der Waals surface area (Å²) in [5, 5.41) is 3.56. The van der Waals surface area contributed by atoms with Gasteiger partial charge in [0.05, 0.1) is 31.9 Å². The third-order valence-corrected chi connectivity index (χ3v) is 8.83. The van der Waals surface area contributed by atoms with Gasteiger partial charge in [-0.15, -0.1) is 0 Å². The highest BCUT2D eigenvalue weighted by molar-refractivity contribution is 5.94. The van der Waals surface area contributed by atoms with E-state index in [-0.39, 0.29) is 31.0 Å². The zero-order valence-electron chi connectivity index (χ0n) is 27.7. The molecule has 0 saturated carbocycles. The van der Waals surface area contributed by atoms with E-state index >= 15 is 0 Å². The van der Waals surface area contributed by atoms with E-state index in [4.69, 9.17) is 19.2 Å². The molecule has 1 aliphatic rings. The van der Waals surface area contributed by atoms with Crippen LogP contribution < -0.4 is 14.8 Å². The molecule has 4 aromatic rings. The van der Waals surface area contributed by atoms with Gasteiger partial charge in [0.1, 0.15) is 6.61 Å². The maximum atomic E-state index is 13.2. The number of aromatic nitrogens is 2. The molecule has 0 aliphatic carbocycles. The van der Waals surface area contributed by atoms with Gasteiger partial charge in [0, 0.05) is 50.7 Å². The van der Waals surface area contributed by atoms with Crippen molar-refractivity contribution in [1.29, 1.82) is 0 Å². The number of nitrogens with zero attached hydrogens (tertiary/aromatic N) is 4. The highest BCUT2D eigenvalue weighted by atomic mass is 19.4. The smallest absolute Gasteiger partial charge is 0.411 e. The van der Waals surface area contributed by atoms with Crippen molar-refractivity contribution in [2.75, 3.05) is 66.0 Å². The third kappa shape index (κ3) is 9.19. The molecule has 5 rings (SSSR count). The number of carbonyl (C=O) groups is 1. The van der Waals surface area contributed by atoms with Crippen LogP contribution in [0.4, 0.5) is 19.1 Å². The van der Waals surface area contributed by atoms with E-state index in [1.807, 2.05) is 84.4 Å². The monoisotopic (exact) mass is 667 g/mol. The summed E-state index contributed by atoms with van der Waals surface area (Å²) in [5.74, 6) is 2.00. The quantitative estimate of drug-likeness (QED) is 0.146. The van der Waals surface area contributed by atoms with Crippen molar-refractivity contribution in [2.24, 2.45) is 0 Å². The Labute approximate surface area is 279 Å². The molecular weight excluding hydrogens is 623 g/mol. The van der Waals surface area contributed by atoms with Gasteiger partial charge >= 0.3 is 6.18 Å². The number of nitrogens with one attached hydrogen (secondary N) is 1. The Kier molecular flexibility index (Phi) is 11.8. The van der Waals surface area contributed by atoms with Crippen LogP contribution in [0.1, 0.15) is 41.1 Å². The number of imidazole rings is 1. The minimum Gasteiger partial charge on any atom is -0.493 e. The van der Waals surface area contributed by atoms with Gasteiger partial charge in [0.15, 0.2) is 11.5 Å². The molecule has 0 radical (unpaired) electrons. The molecule has 1 saturated heterocycles. The van der Waals surface area contributed by atoms with Crippen molar-refractivity contribution < 1.29 is 32.2 Å². The molecular formula is C36H44F3N5O4. The summed E-state index contributed by atoms with van der Waals surface area (Å²) in [6.07, 6.45) is -1.74. The average Bonchev–Trinajstić information content (AvgIpc) is 3.44. The number of para-hydroxylation sites is 2. The third-order valence-electron chi connectivity index (χ3n) is 8.83. The van der Waals surface area contributed by atoms with Gasteiger partial charge in [-0.2, -0.15) is 13.2 Å². The fourth-order valence-corrected chi connectivity index (χ4v) is 6.26. The van der Waals surface area contributed by atoms with Crippen molar-refractivity contribution in [3.05, 3.63) is 83.9 Å². The average molecular weight is 668 g/mol. The summed E-state index contributed by atoms with van der Waals surface area (Å²) in [7, 11) is 5.08. The molecule has 1 unspecified atom stereocenters. The number of piperidine rings is 1. The zero-order valence-corrected chi connectivity index (χ0v) is 27.7. The van der Waals surface area contributed by atoms with Crippen molar-refractivity contribution in [3.8, 4) is 11.5 Å². The number of fused-ring (bicyclic) bond motifs is 1. The van der Waals surface area contributed by atoms with E-state index in [9.17, 15) is 18.0 Å². The van der Waals surface area contributed by atoms with Crippen LogP contribution in [0, 0.1) is 0 Å². The van der Waals surface area contributed by atoms with Gasteiger partial charge in [-0.1, -0.05) is 36.4 Å². The highest BCUT2D eigenvalue weighted by Gasteiger charge is 2.28. The lowest BCUT2D eigenvalue weighted by Crippen LogP contribution is -2.40. The van der Waals surface area contributed by atoms with Crippen molar-refractivity contribution in [2.45, 2.75) is 43.9 Å². The Balaban J connectivity index is 1.21. The molecule has 9 nitrogen and oxygen atoms in total. The normalized spacial score (nSPS) is 15.0. The Bertz CT molecular complexity index is 1620. The van der Waals surface area contributed by atoms with E-state index in [1.54, 1.807) is 19.1 Å². The maximum absolute atomic E-state index is 13.2. The van der Waals surface area contributed by atoms with E-state index < -0.39 is 12.8 Å². The number of anilines is 1. The first-order valence-corrected chi connectivity index (χ1v) is 16.3. The first kappa shape index (κ1) is 35.0. The molecule has 0 bridgehead atoms. The molecule has 1 aliphatic heterocycles. The maximum Gasteiger partial charge on any atom is 0.411 e. The Hall–Kier alpha value is -4.29. The van der Waals surface area contributed by atoms with Gasteiger partial charge in [-0.25, -0.2) is 4.98 Å². The molecule has 48 heavy (non-hydrogen) atoms. The van der Waals surface area contributed by atoms with E-state index in [1.165, 1.54) is 0 Å². The second-order valence-electron chi connectivity index (χ2n) is 12.2. The number of likely N-dealkylation sites (tertiary alicyclic amines) is 1. The number of alkyl halides is 3. The lowest BCUT2D eigenvalue weighted by molar-refractivity contribution is -0.174. The number of likely N-dealkylation sites (N-methyl/N-ethyl adjacent to an activating group) is 1. The molecule has 0 spiro atoms. The van der Waals surface area contributed by atoms with Crippen LogP contribution in [0.15, 0.2) is 72.8 Å². The Morgan fingerprint density at radius 1 is 0.979 bits per heavy atom. The number of carbonyl (C=O) groups excluding carboxylic acids is 1. The number of hydrogen-bond acceptors (Lipinski definition) is 7. The summed E-state index contributed by atoms with van der Waals surface area (Å²) in [6, 6.07) is 23.0. The molecule has 1 amide bonds. The highest BCUT2D eigenvalue weighted by Crippen LogP contribution is 2.33. The van der Waals surface area contributed by atoms with Crippen LogP contribution in [-0.2, 0) is 11.3 Å². The number of amides is 1. The second kappa shape index (κ2) is 16.2. The number of benzene rings is 3. The van der Waals surface area contributed by atoms with Gasteiger partial charge in [0.25, 0.3) is 5.91 Å². The summed E-state index contributed by atoms with van der Waals surface area (Å²) in [6.45, 7) is 2.08. The first-order chi connectivity index (χ1) is 23.1. The van der Waals surface area contributed by atoms with Crippen LogP contribution in [0.3, 0.4) is 0 Å². The Morgan fingerprint density at radius 2 is 1.69 bits per heavy atom. The minimum atomic E-state index is -4.36. The van der Waals surface area contributed by atoms with Gasteiger partial charge in [-0.3, -0.25) is 4.79 Å². The van der Waals surface area contributed by atoms with Crippen LogP contribution >= 0.6 is 0 Å². The van der Waals surface area contributed by atoms with E-state index in [0.717, 1.165) is 55.5 Å². The van der Waals surface area contributed by atoms with Gasteiger partial charge < -0.3 is 33.9 Å². The molecule has 2 heterocycles. The largest absolute Gasteiger partial charge is 0.493 e. The number of halogens is 3. The minimum absolute atomic E-state index is 0.0223. The van der Waals surface area contributed by atoms with Gasteiger partial charge in [-0.05, 0) is 67.8 Å². The van der Waals surface area contributed by atoms with Crippen LogP contribution in [0.25, 0.3) is 11.0 Å². The summed E-state index contributed by atoms with van der Waals surface area (Å²) < 4.78 is 55.7. The lowest BCUT2D eigenvalue weighted by atomic mass is 9.93. The SMILES string of the molecule is COc1ccc(C(CCN2CCC(Nc3nc4ccccc4n3CCOCC(F)(F)F)CC2)CN(C)C(=O)c2ccccc2)cc1OC. The molecule has 1 N–H and O–H groups in total. The number of ether oxygens (including phenoxy) is 3. The molecule has 1 aromatic heterocycles. The first-order valence-electron chi connectivity index (χ1n) is 16.3. The lowest BCUT2D eigenvalue weighted by Gasteiger charge is -2.34. The van der Waals surface area contributed by atoms with Gasteiger partial charge in [0.2, 0.25) is 5.95 Å². The van der Waals surface area contributed by atoms with Crippen molar-refractivity contribution in [1.82, 2.24) is 19.4 Å². The fourth-order valence-electron chi connectivity index (χ4n) is 6.26. The fraction of sp³-hybridized carbons (Fsp3) is 0.444. The van der Waals surface area contributed by atoms with Crippen LogP contribution in [0.2, 0.25) is 0 Å². The summed E-state index contributed by atoms with van der Waals surface area (Å²) >= 11 is 0. The molecule has 12 heteroatoms. The Morgan fingerprint density at radius 3 is 2.40 bits per heavy atom. The van der Waals surface area contributed by atoms with Crippen molar-refractivity contribution in [3.63, 3.8) is 0 Å². The number of methoxy groups -OCH3 is 2. The van der Waals surface area contributed by atoms with Crippen LogP contribution in [0.5, 0.6) is 11.5 Å². The number of rotatable bonds is 15. The summed E-state index contributed by atoms with van der Waals surface area (Å²) in [4.78, 5) is 22.2. The number of hydrogen-bond donors (Lipinski definition) is 1. The van der Waals surface area contributed by atoms with Crippen molar-refractivity contribution >= 4 is 22.9 Å². The standard InChI is InChI=1S/C36H44F3N5O4/c1-42(34(45)26-9-5-4-6-10-26)24-28(27-13-14-32(46-2)33(23-27)47-3)15-18-43-19-16-29(17-20-43)40-35-41-30-11-7-8-12-31(30)44(35)21-22-48-25-36(37,38)39/h4-14,23,28-29H,15-22,24-25H2,1-3H3,(H,40,41). The predicted molar refractivity (Wildman–Crippen MR) is 180 cm³/mol. The second-order valence-corrected chi connectivity index (χ2v) is 12.2. The molecule has 258 valence electrons. The van der Waals surface area contributed by atoms with E-state index in [0.29, 0.717) is 29.6 Å². The topological polar surface area (TPSA) is 81.1 Å². The van der Waals surface area contributed by atoms with E-state index in [2.05, 4.69) is 10.2 Å². The van der Waals surface area contributed by atoms with Crippen LogP contribution in [-0.4, -0.2) is 98.1 Å². The predicted octanol–water partition coefficient (Wildman–Crippen LogP) is 6.45. The molecule has 1 atom stereocenters. The molecule has 1 fully saturated rings. The molecule has 3 aromatic carbocycles. The zero-order chi connectivity index (χ0) is 34.1. The summed E-state index contributed by atoms with van der Waals surface area (Å²) in [5.41, 5.74) is 3.37.